The predicted molar refractivity (Wildman–Crippen MR) is 78.9 cm³/mol. The van der Waals surface area contributed by atoms with Gasteiger partial charge in [-0.3, -0.25) is 4.90 Å². The summed E-state index contributed by atoms with van der Waals surface area (Å²) >= 11 is 0. The minimum absolute atomic E-state index is 0.119. The van der Waals surface area contributed by atoms with E-state index in [4.69, 9.17) is 5.11 Å². The molecule has 0 unspecified atom stereocenters. The zero-order valence-corrected chi connectivity index (χ0v) is 11.3. The molecule has 0 aromatic heterocycles. The summed E-state index contributed by atoms with van der Waals surface area (Å²) in [6.45, 7) is 0. The number of carboxylic acid groups (broad SMARTS) is 1. The number of carbonyl (C=O) groups excluding carboxylic acids is 1. The molecule has 108 valence electrons. The molecule has 21 heavy (non-hydrogen) atoms. The zero-order chi connectivity index (χ0) is 15.4. The number of amides is 2. The first-order valence-corrected chi connectivity index (χ1v) is 6.15. The van der Waals surface area contributed by atoms with E-state index in [0.717, 1.165) is 6.07 Å². The van der Waals surface area contributed by atoms with Crippen LogP contribution >= 0.6 is 0 Å². The number of carbonyl (C=O) groups is 2. The number of rotatable bonds is 3. The van der Waals surface area contributed by atoms with Gasteiger partial charge in [-0.05, 0) is 30.3 Å². The Kier molecular flexibility index (Phi) is 4.08. The highest BCUT2D eigenvalue weighted by Crippen LogP contribution is 2.22. The Morgan fingerprint density at radius 2 is 1.76 bits per heavy atom. The summed E-state index contributed by atoms with van der Waals surface area (Å²) in [5.41, 5.74) is 0.614. The van der Waals surface area contributed by atoms with E-state index >= 15 is 0 Å². The number of nitrogens with one attached hydrogen (secondary N) is 1. The molecule has 0 aliphatic carbocycles. The Morgan fingerprint density at radius 1 is 1.10 bits per heavy atom. The second-order valence-electron chi connectivity index (χ2n) is 4.36. The third-order valence-corrected chi connectivity index (χ3v) is 2.92. The molecule has 6 heteroatoms. The summed E-state index contributed by atoms with van der Waals surface area (Å²) < 4.78 is 0. The van der Waals surface area contributed by atoms with Crippen LogP contribution in [0.1, 0.15) is 10.4 Å². The number of anilines is 2. The summed E-state index contributed by atoms with van der Waals surface area (Å²) in [4.78, 5) is 24.6. The van der Waals surface area contributed by atoms with Crippen LogP contribution in [0.3, 0.4) is 0 Å². The molecule has 6 nitrogen and oxygen atoms in total. The monoisotopic (exact) mass is 286 g/mol. The summed E-state index contributed by atoms with van der Waals surface area (Å²) in [6.07, 6.45) is 0. The molecular weight excluding hydrogens is 272 g/mol. The molecular formula is C15H14N2O4. The van der Waals surface area contributed by atoms with Gasteiger partial charge in [0.2, 0.25) is 0 Å². The van der Waals surface area contributed by atoms with Crippen molar-refractivity contribution in [3.05, 3.63) is 54.1 Å². The fraction of sp³-hybridized carbons (Fsp3) is 0.0667. The number of hydrogen-bond acceptors (Lipinski definition) is 3. The lowest BCUT2D eigenvalue weighted by Gasteiger charge is -2.18. The highest BCUT2D eigenvalue weighted by molar-refractivity contribution is 6.05. The number of benzene rings is 2. The van der Waals surface area contributed by atoms with E-state index in [1.807, 2.05) is 6.07 Å². The van der Waals surface area contributed by atoms with Gasteiger partial charge in [0.15, 0.2) is 0 Å². The molecule has 0 fully saturated rings. The smallest absolute Gasteiger partial charge is 0.337 e. The van der Waals surface area contributed by atoms with Crippen LogP contribution in [0.5, 0.6) is 5.75 Å². The van der Waals surface area contributed by atoms with Gasteiger partial charge in [-0.1, -0.05) is 18.2 Å². The number of aromatic carboxylic acids is 1. The van der Waals surface area contributed by atoms with Crippen LogP contribution in [0.4, 0.5) is 16.2 Å². The van der Waals surface area contributed by atoms with E-state index in [2.05, 4.69) is 5.32 Å². The van der Waals surface area contributed by atoms with Crippen molar-refractivity contribution in [1.29, 1.82) is 0 Å². The first-order valence-electron chi connectivity index (χ1n) is 6.15. The Balaban J connectivity index is 2.22. The second-order valence-corrected chi connectivity index (χ2v) is 4.36. The number of hydrogen-bond donors (Lipinski definition) is 3. The predicted octanol–water partition coefficient (Wildman–Crippen LogP) is 2.76. The molecule has 2 rings (SSSR count). The van der Waals surface area contributed by atoms with E-state index in [1.54, 1.807) is 31.3 Å². The molecule has 2 aromatic carbocycles. The Hall–Kier alpha value is -3.02. The molecule has 2 aromatic rings. The van der Waals surface area contributed by atoms with Crippen molar-refractivity contribution in [2.24, 2.45) is 0 Å². The van der Waals surface area contributed by atoms with Gasteiger partial charge in [-0.25, -0.2) is 9.59 Å². The van der Waals surface area contributed by atoms with Crippen LogP contribution in [-0.2, 0) is 0 Å². The van der Waals surface area contributed by atoms with E-state index in [9.17, 15) is 14.7 Å². The normalized spacial score (nSPS) is 9.95. The molecule has 0 saturated carbocycles. The van der Waals surface area contributed by atoms with E-state index in [0.29, 0.717) is 5.69 Å². The first kappa shape index (κ1) is 14.4. The largest absolute Gasteiger partial charge is 0.508 e. The van der Waals surface area contributed by atoms with E-state index < -0.39 is 12.0 Å². The van der Waals surface area contributed by atoms with E-state index in [-0.39, 0.29) is 17.0 Å². The number of aromatic hydroxyl groups is 1. The molecule has 0 heterocycles. The summed E-state index contributed by atoms with van der Waals surface area (Å²) in [5, 5.41) is 20.9. The van der Waals surface area contributed by atoms with Crippen molar-refractivity contribution >= 4 is 23.4 Å². The highest BCUT2D eigenvalue weighted by atomic mass is 16.4. The average molecular weight is 286 g/mol. The number of phenolic OH excluding ortho intramolecular Hbond substituents is 1. The molecule has 2 amide bonds. The highest BCUT2D eigenvalue weighted by Gasteiger charge is 2.16. The van der Waals surface area contributed by atoms with Crippen LogP contribution in [0.2, 0.25) is 0 Å². The molecule has 0 atom stereocenters. The molecule has 0 spiro atoms. The summed E-state index contributed by atoms with van der Waals surface area (Å²) in [7, 11) is 1.57. The first-order chi connectivity index (χ1) is 9.99. The lowest BCUT2D eigenvalue weighted by atomic mass is 10.1. The third kappa shape index (κ3) is 3.30. The minimum Gasteiger partial charge on any atom is -0.508 e. The maximum Gasteiger partial charge on any atom is 0.337 e. The standard InChI is InChI=1S/C15H14N2O4/c1-17(10-5-3-2-4-6-10)15(21)16-13-8-7-11(18)9-12(13)14(19)20/h2-9,18H,1H3,(H,16,21)(H,19,20). The Bertz CT molecular complexity index is 671. The van der Waals surface area contributed by atoms with Crippen molar-refractivity contribution in [2.75, 3.05) is 17.3 Å². The lowest BCUT2D eigenvalue weighted by Crippen LogP contribution is -2.31. The van der Waals surface area contributed by atoms with Crippen molar-refractivity contribution in [2.45, 2.75) is 0 Å². The van der Waals surface area contributed by atoms with Gasteiger partial charge in [0.25, 0.3) is 0 Å². The Morgan fingerprint density at radius 3 is 2.38 bits per heavy atom. The fourth-order valence-electron chi connectivity index (χ4n) is 1.79. The maximum absolute atomic E-state index is 12.1. The maximum atomic E-state index is 12.1. The summed E-state index contributed by atoms with van der Waals surface area (Å²) in [5.74, 6) is -1.41. The Labute approximate surface area is 121 Å². The number of phenols is 1. The molecule has 0 aliphatic rings. The van der Waals surface area contributed by atoms with Crippen LogP contribution in [0, 0.1) is 0 Å². The minimum atomic E-state index is -1.23. The van der Waals surface area contributed by atoms with Gasteiger partial charge >= 0.3 is 12.0 Å². The quantitative estimate of drug-likeness (QED) is 0.757. The van der Waals surface area contributed by atoms with Crippen molar-refractivity contribution in [3.63, 3.8) is 0 Å². The average Bonchev–Trinajstić information content (AvgIpc) is 2.49. The number of carboxylic acids is 1. The van der Waals surface area contributed by atoms with Crippen molar-refractivity contribution in [3.8, 4) is 5.75 Å². The topological polar surface area (TPSA) is 89.9 Å². The molecule has 0 saturated heterocycles. The molecule has 0 radical (unpaired) electrons. The van der Waals surface area contributed by atoms with Gasteiger partial charge in [-0.15, -0.1) is 0 Å². The van der Waals surface area contributed by atoms with Gasteiger partial charge in [0.1, 0.15) is 5.75 Å². The van der Waals surface area contributed by atoms with Crippen LogP contribution in [0.25, 0.3) is 0 Å². The van der Waals surface area contributed by atoms with Crippen molar-refractivity contribution < 1.29 is 19.8 Å². The molecule has 3 N–H and O–H groups in total. The second kappa shape index (κ2) is 5.96. The zero-order valence-electron chi connectivity index (χ0n) is 11.3. The van der Waals surface area contributed by atoms with Gasteiger partial charge in [0, 0.05) is 12.7 Å². The lowest BCUT2D eigenvalue weighted by molar-refractivity contribution is 0.0697. The number of nitrogens with zero attached hydrogens (tertiary/aromatic N) is 1. The van der Waals surface area contributed by atoms with Crippen LogP contribution < -0.4 is 10.2 Å². The van der Waals surface area contributed by atoms with Crippen LogP contribution in [-0.4, -0.2) is 29.3 Å². The van der Waals surface area contributed by atoms with Gasteiger partial charge in [0.05, 0.1) is 11.3 Å². The van der Waals surface area contributed by atoms with E-state index in [1.165, 1.54) is 17.0 Å². The SMILES string of the molecule is CN(C(=O)Nc1ccc(O)cc1C(=O)O)c1ccccc1. The fourth-order valence-corrected chi connectivity index (χ4v) is 1.79. The third-order valence-electron chi connectivity index (χ3n) is 2.92. The van der Waals surface area contributed by atoms with Gasteiger partial charge < -0.3 is 15.5 Å². The van der Waals surface area contributed by atoms with Crippen LogP contribution in [0.15, 0.2) is 48.5 Å². The summed E-state index contributed by atoms with van der Waals surface area (Å²) in [6, 6.07) is 12.2. The number of para-hydroxylation sites is 1. The molecule has 0 aliphatic heterocycles. The molecule has 0 bridgehead atoms. The number of urea groups is 1. The van der Waals surface area contributed by atoms with Crippen molar-refractivity contribution in [1.82, 2.24) is 0 Å². The van der Waals surface area contributed by atoms with Gasteiger partial charge in [-0.2, -0.15) is 0 Å².